The first kappa shape index (κ1) is 16.9. The summed E-state index contributed by atoms with van der Waals surface area (Å²) in [6.07, 6.45) is -0.769. The van der Waals surface area contributed by atoms with Crippen LogP contribution in [0.4, 0.5) is 0 Å². The fraction of sp³-hybridized carbons (Fsp3) is 0.625. The van der Waals surface area contributed by atoms with E-state index in [1.165, 1.54) is 7.11 Å². The Morgan fingerprint density at radius 1 is 1.32 bits per heavy atom. The van der Waals surface area contributed by atoms with Crippen LogP contribution in [-0.2, 0) is 20.8 Å². The normalized spacial score (nSPS) is 31.9. The van der Waals surface area contributed by atoms with Gasteiger partial charge in [0.05, 0.1) is 12.7 Å². The predicted octanol–water partition coefficient (Wildman–Crippen LogP) is 2.63. The van der Waals surface area contributed by atoms with Crippen molar-refractivity contribution in [1.82, 2.24) is 0 Å². The molecular weight excluding hydrogens is 286 g/mol. The molecule has 0 N–H and O–H groups in total. The highest BCUT2D eigenvalue weighted by atomic mass is 16.7. The molecule has 0 aromatic heterocycles. The Morgan fingerprint density at radius 2 is 2.00 bits per heavy atom. The second-order valence-corrected chi connectivity index (χ2v) is 5.58. The third-order valence-corrected chi connectivity index (χ3v) is 4.19. The van der Waals surface area contributed by atoms with Gasteiger partial charge >= 0.3 is 0 Å². The van der Waals surface area contributed by atoms with Gasteiger partial charge < -0.3 is 14.2 Å². The van der Waals surface area contributed by atoms with E-state index in [0.29, 0.717) is 6.61 Å². The lowest BCUT2D eigenvalue weighted by atomic mass is 9.88. The quantitative estimate of drug-likeness (QED) is 0.597. The summed E-state index contributed by atoms with van der Waals surface area (Å²) in [5, 5.41) is 11.5. The van der Waals surface area contributed by atoms with E-state index in [4.69, 9.17) is 14.2 Å². The van der Waals surface area contributed by atoms with E-state index in [1.807, 2.05) is 44.2 Å². The molecule has 0 radical (unpaired) electrons. The van der Waals surface area contributed by atoms with Gasteiger partial charge in [0.15, 0.2) is 0 Å². The van der Waals surface area contributed by atoms with Gasteiger partial charge in [-0.2, -0.15) is 0 Å². The monoisotopic (exact) mass is 309 g/mol. The molecule has 1 aliphatic heterocycles. The molecule has 0 unspecified atom stereocenters. The van der Waals surface area contributed by atoms with Crippen LogP contribution in [0, 0.1) is 16.0 Å². The topological polar surface area (TPSA) is 70.8 Å². The molecule has 6 heteroatoms. The number of ether oxygens (including phenoxy) is 3. The van der Waals surface area contributed by atoms with Crippen molar-refractivity contribution >= 4 is 0 Å². The van der Waals surface area contributed by atoms with Crippen LogP contribution in [0.2, 0.25) is 0 Å². The van der Waals surface area contributed by atoms with Crippen molar-refractivity contribution in [3.8, 4) is 0 Å². The van der Waals surface area contributed by atoms with E-state index in [9.17, 15) is 10.1 Å². The molecule has 1 aromatic rings. The number of rotatable bonds is 6. The van der Waals surface area contributed by atoms with Gasteiger partial charge in [0, 0.05) is 18.0 Å². The largest absolute Gasteiger partial charge is 0.366 e. The molecule has 0 saturated carbocycles. The lowest BCUT2D eigenvalue weighted by molar-refractivity contribution is -0.574. The van der Waals surface area contributed by atoms with Gasteiger partial charge in [-0.1, -0.05) is 44.2 Å². The van der Waals surface area contributed by atoms with E-state index in [1.54, 1.807) is 0 Å². The van der Waals surface area contributed by atoms with Crippen LogP contribution < -0.4 is 0 Å². The van der Waals surface area contributed by atoms with Crippen molar-refractivity contribution < 1.29 is 19.1 Å². The van der Waals surface area contributed by atoms with E-state index in [2.05, 4.69) is 0 Å². The minimum absolute atomic E-state index is 0.0736. The Hall–Kier alpha value is -1.50. The second kappa shape index (κ2) is 7.67. The Labute approximate surface area is 130 Å². The molecule has 1 aliphatic rings. The minimum atomic E-state index is -1.02. The molecule has 5 atom stereocenters. The summed E-state index contributed by atoms with van der Waals surface area (Å²) >= 11 is 0. The molecule has 1 fully saturated rings. The van der Waals surface area contributed by atoms with Gasteiger partial charge in [-0.15, -0.1) is 0 Å². The van der Waals surface area contributed by atoms with Gasteiger partial charge in [0.25, 0.3) is 6.04 Å². The average molecular weight is 309 g/mol. The molecule has 0 aliphatic carbocycles. The van der Waals surface area contributed by atoms with Crippen molar-refractivity contribution in [2.75, 3.05) is 7.11 Å². The summed E-state index contributed by atoms with van der Waals surface area (Å²) in [6.45, 7) is 4.27. The lowest BCUT2D eigenvalue weighted by Crippen LogP contribution is -2.58. The molecule has 0 bridgehead atoms. The van der Waals surface area contributed by atoms with Crippen molar-refractivity contribution in [2.45, 2.75) is 51.4 Å². The first-order valence-corrected chi connectivity index (χ1v) is 7.55. The molecule has 2 rings (SSSR count). The fourth-order valence-corrected chi connectivity index (χ4v) is 2.95. The van der Waals surface area contributed by atoms with Crippen LogP contribution in [0.3, 0.4) is 0 Å². The van der Waals surface area contributed by atoms with Gasteiger partial charge in [-0.3, -0.25) is 10.1 Å². The molecule has 6 nitrogen and oxygen atoms in total. The molecule has 1 saturated heterocycles. The van der Waals surface area contributed by atoms with E-state index < -0.39 is 18.4 Å². The maximum absolute atomic E-state index is 11.5. The van der Waals surface area contributed by atoms with Crippen LogP contribution >= 0.6 is 0 Å². The first-order valence-electron chi connectivity index (χ1n) is 7.55. The van der Waals surface area contributed by atoms with E-state index in [-0.39, 0.29) is 16.9 Å². The third kappa shape index (κ3) is 3.63. The molecule has 22 heavy (non-hydrogen) atoms. The van der Waals surface area contributed by atoms with Crippen molar-refractivity contribution in [3.63, 3.8) is 0 Å². The van der Waals surface area contributed by atoms with Crippen LogP contribution in [0.15, 0.2) is 30.3 Å². The highest BCUT2D eigenvalue weighted by molar-refractivity contribution is 5.13. The number of nitro groups is 1. The van der Waals surface area contributed by atoms with Gasteiger partial charge in [0.1, 0.15) is 6.10 Å². The number of benzene rings is 1. The summed E-state index contributed by atoms with van der Waals surface area (Å²) in [7, 11) is 1.43. The van der Waals surface area contributed by atoms with Gasteiger partial charge in [-0.25, -0.2) is 0 Å². The Kier molecular flexibility index (Phi) is 5.88. The summed E-state index contributed by atoms with van der Waals surface area (Å²) in [6, 6.07) is 8.63. The Morgan fingerprint density at radius 3 is 2.55 bits per heavy atom. The number of hydrogen-bond donors (Lipinski definition) is 0. The maximum Gasteiger partial charge on any atom is 0.289 e. The third-order valence-electron chi connectivity index (χ3n) is 4.19. The van der Waals surface area contributed by atoms with Gasteiger partial charge in [0.2, 0.25) is 6.29 Å². The van der Waals surface area contributed by atoms with Crippen LogP contribution in [0.5, 0.6) is 0 Å². The zero-order chi connectivity index (χ0) is 16.1. The van der Waals surface area contributed by atoms with Crippen molar-refractivity contribution in [2.24, 2.45) is 5.92 Å². The highest BCUT2D eigenvalue weighted by Crippen LogP contribution is 2.32. The molecule has 122 valence electrons. The zero-order valence-corrected chi connectivity index (χ0v) is 13.2. The minimum Gasteiger partial charge on any atom is -0.366 e. The van der Waals surface area contributed by atoms with Crippen LogP contribution in [0.1, 0.15) is 25.8 Å². The number of nitrogens with zero attached hydrogens (tertiary/aromatic N) is 1. The zero-order valence-electron chi connectivity index (χ0n) is 13.2. The standard InChI is InChI=1S/C16H23NO5/c1-4-13-11(2)15(14(17(18)19)16(20-3)22-13)21-10-12-8-6-5-7-9-12/h5-9,11,13-16H,4,10H2,1-3H3/t11-,13+,14+,15-,16-/m0/s1. The number of methoxy groups -OCH3 is 1. The summed E-state index contributed by atoms with van der Waals surface area (Å²) in [5.41, 5.74) is 0.991. The van der Waals surface area contributed by atoms with Crippen molar-refractivity contribution in [3.05, 3.63) is 46.0 Å². The second-order valence-electron chi connectivity index (χ2n) is 5.58. The van der Waals surface area contributed by atoms with E-state index in [0.717, 1.165) is 12.0 Å². The SMILES string of the molecule is CC[C@H]1O[C@H](OC)[C@H]([N+](=O)[O-])[C@@H](OCc2ccccc2)[C@H]1C. The molecule has 1 aromatic carbocycles. The lowest BCUT2D eigenvalue weighted by Gasteiger charge is -2.40. The average Bonchev–Trinajstić information content (AvgIpc) is 2.54. The molecular formula is C16H23NO5. The maximum atomic E-state index is 11.5. The Bertz CT molecular complexity index is 481. The number of hydrogen-bond acceptors (Lipinski definition) is 5. The van der Waals surface area contributed by atoms with E-state index >= 15 is 0 Å². The smallest absolute Gasteiger partial charge is 0.289 e. The fourth-order valence-electron chi connectivity index (χ4n) is 2.95. The molecule has 0 amide bonds. The van der Waals surface area contributed by atoms with Gasteiger partial charge in [-0.05, 0) is 12.0 Å². The van der Waals surface area contributed by atoms with Crippen LogP contribution in [0.25, 0.3) is 0 Å². The molecule has 0 spiro atoms. The highest BCUT2D eigenvalue weighted by Gasteiger charge is 2.51. The predicted molar refractivity (Wildman–Crippen MR) is 80.9 cm³/mol. The van der Waals surface area contributed by atoms with Crippen LogP contribution in [-0.4, -0.2) is 36.6 Å². The molecule has 1 heterocycles. The summed E-state index contributed by atoms with van der Waals surface area (Å²) < 4.78 is 16.8. The summed E-state index contributed by atoms with van der Waals surface area (Å²) in [5.74, 6) is -0.0736. The summed E-state index contributed by atoms with van der Waals surface area (Å²) in [4.78, 5) is 11.1. The first-order chi connectivity index (χ1) is 10.6. The Balaban J connectivity index is 2.15. The van der Waals surface area contributed by atoms with Crippen molar-refractivity contribution in [1.29, 1.82) is 0 Å².